The van der Waals surface area contributed by atoms with Crippen molar-refractivity contribution in [1.29, 1.82) is 0 Å². The lowest BCUT2D eigenvalue weighted by atomic mass is 10.1. The molecule has 2 aromatic rings. The first-order valence-corrected chi connectivity index (χ1v) is 9.57. The monoisotopic (exact) mass is 366 g/mol. The number of aromatic carboxylic acids is 1. The van der Waals surface area contributed by atoms with Gasteiger partial charge in [0.05, 0.1) is 7.11 Å². The molecule has 1 heterocycles. The van der Waals surface area contributed by atoms with Crippen molar-refractivity contribution in [1.82, 2.24) is 9.80 Å². The third-order valence-electron chi connectivity index (χ3n) is 5.85. The highest BCUT2D eigenvalue weighted by atomic mass is 16.5. The Kier molecular flexibility index (Phi) is 5.14. The molecule has 0 bridgehead atoms. The average molecular weight is 366 g/mol. The van der Waals surface area contributed by atoms with E-state index in [0.717, 1.165) is 51.1 Å². The second-order valence-corrected chi connectivity index (χ2v) is 7.48. The standard InChI is InChI=1S/C22H26N2O3/c1-27-21-7-6-16(12-20(21)22(25)26)15-23-8-10-24(11-9-23)19-13-17-4-2-3-5-18(17)14-19/h2-7,12,19H,8-11,13-15H2,1H3,(H,25,26). The molecule has 0 spiro atoms. The fourth-order valence-electron chi connectivity index (χ4n) is 4.36. The number of nitrogens with zero attached hydrogens (tertiary/aromatic N) is 2. The molecule has 0 atom stereocenters. The first kappa shape index (κ1) is 18.0. The molecule has 0 amide bonds. The highest BCUT2D eigenvalue weighted by Gasteiger charge is 2.29. The van der Waals surface area contributed by atoms with E-state index in [9.17, 15) is 9.90 Å². The molecule has 5 nitrogen and oxygen atoms in total. The van der Waals surface area contributed by atoms with Gasteiger partial charge >= 0.3 is 5.97 Å². The van der Waals surface area contributed by atoms with Gasteiger partial charge in [-0.05, 0) is 41.7 Å². The van der Waals surface area contributed by atoms with E-state index >= 15 is 0 Å². The smallest absolute Gasteiger partial charge is 0.339 e. The van der Waals surface area contributed by atoms with Gasteiger partial charge in [0.2, 0.25) is 0 Å². The van der Waals surface area contributed by atoms with E-state index in [1.807, 2.05) is 6.07 Å². The van der Waals surface area contributed by atoms with Gasteiger partial charge in [-0.15, -0.1) is 0 Å². The van der Waals surface area contributed by atoms with Gasteiger partial charge in [-0.3, -0.25) is 9.80 Å². The molecule has 1 fully saturated rings. The van der Waals surface area contributed by atoms with Gasteiger partial charge in [0.25, 0.3) is 0 Å². The van der Waals surface area contributed by atoms with Crippen molar-refractivity contribution in [2.75, 3.05) is 33.3 Å². The van der Waals surface area contributed by atoms with E-state index < -0.39 is 5.97 Å². The number of carboxylic acid groups (broad SMARTS) is 1. The molecular formula is C22H26N2O3. The van der Waals surface area contributed by atoms with Crippen LogP contribution in [0.5, 0.6) is 5.75 Å². The topological polar surface area (TPSA) is 53.0 Å². The minimum atomic E-state index is -0.945. The molecule has 0 aromatic heterocycles. The van der Waals surface area contributed by atoms with Gasteiger partial charge in [-0.2, -0.15) is 0 Å². The second kappa shape index (κ2) is 7.71. The van der Waals surface area contributed by atoms with Crippen LogP contribution in [0.3, 0.4) is 0 Å². The van der Waals surface area contributed by atoms with Crippen molar-refractivity contribution < 1.29 is 14.6 Å². The zero-order chi connectivity index (χ0) is 18.8. The Morgan fingerprint density at radius 3 is 2.33 bits per heavy atom. The normalized spacial score (nSPS) is 18.4. The first-order valence-electron chi connectivity index (χ1n) is 9.57. The fraction of sp³-hybridized carbons (Fsp3) is 0.409. The Hall–Kier alpha value is -2.37. The van der Waals surface area contributed by atoms with Crippen molar-refractivity contribution in [3.8, 4) is 5.75 Å². The molecule has 0 saturated carbocycles. The van der Waals surface area contributed by atoms with Gasteiger partial charge in [-0.1, -0.05) is 30.3 Å². The maximum absolute atomic E-state index is 11.4. The number of benzene rings is 2. The number of hydrogen-bond acceptors (Lipinski definition) is 4. The summed E-state index contributed by atoms with van der Waals surface area (Å²) >= 11 is 0. The van der Waals surface area contributed by atoms with E-state index in [1.54, 1.807) is 12.1 Å². The van der Waals surface area contributed by atoms with E-state index in [-0.39, 0.29) is 5.56 Å². The molecule has 2 aliphatic rings. The lowest BCUT2D eigenvalue weighted by Gasteiger charge is -2.38. The lowest BCUT2D eigenvalue weighted by Crippen LogP contribution is -2.50. The van der Waals surface area contributed by atoms with Crippen molar-refractivity contribution in [3.63, 3.8) is 0 Å². The number of methoxy groups -OCH3 is 1. The summed E-state index contributed by atoms with van der Waals surface area (Å²) in [6.45, 7) is 4.95. The molecule has 1 aliphatic carbocycles. The van der Waals surface area contributed by atoms with Crippen LogP contribution < -0.4 is 4.74 Å². The largest absolute Gasteiger partial charge is 0.496 e. The van der Waals surface area contributed by atoms with E-state index in [1.165, 1.54) is 18.2 Å². The SMILES string of the molecule is COc1ccc(CN2CCN(C3Cc4ccccc4C3)CC2)cc1C(=O)O. The van der Waals surface area contributed by atoms with Gasteiger partial charge in [0.15, 0.2) is 0 Å². The highest BCUT2D eigenvalue weighted by Crippen LogP contribution is 2.26. The molecule has 1 saturated heterocycles. The Bertz CT molecular complexity index is 803. The van der Waals surface area contributed by atoms with E-state index in [2.05, 4.69) is 34.1 Å². The Morgan fingerprint density at radius 2 is 1.74 bits per heavy atom. The predicted molar refractivity (Wildman–Crippen MR) is 104 cm³/mol. The van der Waals surface area contributed by atoms with E-state index in [4.69, 9.17) is 4.74 Å². The van der Waals surface area contributed by atoms with Gasteiger partial charge in [0, 0.05) is 38.8 Å². The maximum atomic E-state index is 11.4. The minimum absolute atomic E-state index is 0.234. The number of carboxylic acids is 1. The summed E-state index contributed by atoms with van der Waals surface area (Å²) < 4.78 is 5.15. The summed E-state index contributed by atoms with van der Waals surface area (Å²) in [5.74, 6) is -0.531. The number of carbonyl (C=O) groups is 1. The van der Waals surface area contributed by atoms with Crippen molar-refractivity contribution in [2.45, 2.75) is 25.4 Å². The maximum Gasteiger partial charge on any atom is 0.339 e. The quantitative estimate of drug-likeness (QED) is 0.882. The van der Waals surface area contributed by atoms with Crippen LogP contribution in [0.4, 0.5) is 0 Å². The Labute approximate surface area is 160 Å². The van der Waals surface area contributed by atoms with Crippen LogP contribution in [0, 0.1) is 0 Å². The first-order chi connectivity index (χ1) is 13.1. The summed E-state index contributed by atoms with van der Waals surface area (Å²) in [6, 6.07) is 14.9. The predicted octanol–water partition coefficient (Wildman–Crippen LogP) is 2.68. The number of fused-ring (bicyclic) bond motifs is 1. The third kappa shape index (κ3) is 3.84. The van der Waals surface area contributed by atoms with Crippen LogP contribution in [0.15, 0.2) is 42.5 Å². The van der Waals surface area contributed by atoms with Crippen molar-refractivity contribution in [2.24, 2.45) is 0 Å². The average Bonchev–Trinajstić information content (AvgIpc) is 3.12. The minimum Gasteiger partial charge on any atom is -0.496 e. The van der Waals surface area contributed by atoms with Crippen LogP contribution in [0.2, 0.25) is 0 Å². The zero-order valence-electron chi connectivity index (χ0n) is 15.7. The van der Waals surface area contributed by atoms with Gasteiger partial charge < -0.3 is 9.84 Å². The molecule has 2 aromatic carbocycles. The molecule has 1 aliphatic heterocycles. The molecule has 4 rings (SSSR count). The molecule has 1 N–H and O–H groups in total. The Balaban J connectivity index is 1.34. The van der Waals surface area contributed by atoms with Gasteiger partial charge in [-0.25, -0.2) is 4.79 Å². The highest BCUT2D eigenvalue weighted by molar-refractivity contribution is 5.91. The van der Waals surface area contributed by atoms with Crippen molar-refractivity contribution in [3.05, 3.63) is 64.7 Å². The molecule has 142 valence electrons. The van der Waals surface area contributed by atoms with Crippen LogP contribution in [-0.4, -0.2) is 60.2 Å². The van der Waals surface area contributed by atoms with Crippen LogP contribution in [0.25, 0.3) is 0 Å². The third-order valence-corrected chi connectivity index (χ3v) is 5.85. The van der Waals surface area contributed by atoms with Crippen molar-refractivity contribution >= 4 is 5.97 Å². The molecular weight excluding hydrogens is 340 g/mol. The van der Waals surface area contributed by atoms with E-state index in [0.29, 0.717) is 11.8 Å². The number of piperazine rings is 1. The zero-order valence-corrected chi connectivity index (χ0v) is 15.7. The molecule has 5 heteroatoms. The number of rotatable bonds is 5. The van der Waals surface area contributed by atoms with Crippen LogP contribution >= 0.6 is 0 Å². The number of ether oxygens (including phenoxy) is 1. The molecule has 0 radical (unpaired) electrons. The van der Waals surface area contributed by atoms with Crippen LogP contribution in [-0.2, 0) is 19.4 Å². The summed E-state index contributed by atoms with van der Waals surface area (Å²) in [7, 11) is 1.50. The lowest BCUT2D eigenvalue weighted by molar-refractivity contribution is 0.0692. The summed E-state index contributed by atoms with van der Waals surface area (Å²) in [5, 5.41) is 9.36. The fourth-order valence-corrected chi connectivity index (χ4v) is 4.36. The van der Waals surface area contributed by atoms with Crippen LogP contribution in [0.1, 0.15) is 27.0 Å². The number of hydrogen-bond donors (Lipinski definition) is 1. The summed E-state index contributed by atoms with van der Waals surface area (Å²) in [4.78, 5) is 16.4. The molecule has 27 heavy (non-hydrogen) atoms. The Morgan fingerprint density at radius 1 is 1.07 bits per heavy atom. The summed E-state index contributed by atoms with van der Waals surface area (Å²) in [6.07, 6.45) is 2.33. The molecule has 0 unspecified atom stereocenters. The van der Waals surface area contributed by atoms with Gasteiger partial charge in [0.1, 0.15) is 11.3 Å². The second-order valence-electron chi connectivity index (χ2n) is 7.48. The summed E-state index contributed by atoms with van der Waals surface area (Å²) in [5.41, 5.74) is 4.26.